The Morgan fingerprint density at radius 2 is 1.90 bits per heavy atom. The van der Waals surface area contributed by atoms with Crippen LogP contribution >= 0.6 is 0 Å². The zero-order valence-electron chi connectivity index (χ0n) is 11.5. The number of phenols is 3. The van der Waals surface area contributed by atoms with Crippen LogP contribution in [0.5, 0.6) is 28.7 Å². The van der Waals surface area contributed by atoms with Gasteiger partial charge in [0, 0.05) is 17.7 Å². The highest BCUT2D eigenvalue weighted by molar-refractivity contribution is 5.51. The Hall–Kier alpha value is -2.56. The van der Waals surface area contributed by atoms with Crippen LogP contribution in [0.4, 0.5) is 0 Å². The van der Waals surface area contributed by atoms with Crippen molar-refractivity contribution in [1.29, 1.82) is 0 Å². The summed E-state index contributed by atoms with van der Waals surface area (Å²) in [4.78, 5) is 0. The number of hydrogen-bond donors (Lipinski definition) is 3. The first kappa shape index (κ1) is 13.4. The van der Waals surface area contributed by atoms with Crippen LogP contribution in [0.3, 0.4) is 0 Å². The maximum atomic E-state index is 9.82. The molecule has 1 unspecified atom stereocenters. The van der Waals surface area contributed by atoms with Gasteiger partial charge in [-0.3, -0.25) is 0 Å². The van der Waals surface area contributed by atoms with E-state index in [1.165, 1.54) is 19.2 Å². The van der Waals surface area contributed by atoms with E-state index in [4.69, 9.17) is 9.47 Å². The highest BCUT2D eigenvalue weighted by atomic mass is 16.5. The summed E-state index contributed by atoms with van der Waals surface area (Å²) < 4.78 is 11.0. The third-order valence-electron chi connectivity index (χ3n) is 3.67. The molecule has 0 bridgehead atoms. The van der Waals surface area contributed by atoms with E-state index in [-0.39, 0.29) is 23.4 Å². The van der Waals surface area contributed by atoms with Gasteiger partial charge in [-0.15, -0.1) is 0 Å². The molecule has 2 aromatic carbocycles. The van der Waals surface area contributed by atoms with Crippen molar-refractivity contribution < 1.29 is 24.8 Å². The number of hydrogen-bond acceptors (Lipinski definition) is 5. The van der Waals surface area contributed by atoms with E-state index < -0.39 is 0 Å². The minimum Gasteiger partial charge on any atom is -0.508 e. The van der Waals surface area contributed by atoms with Gasteiger partial charge < -0.3 is 24.8 Å². The second kappa shape index (κ2) is 5.09. The van der Waals surface area contributed by atoms with Gasteiger partial charge in [0.25, 0.3) is 0 Å². The lowest BCUT2D eigenvalue weighted by atomic mass is 9.96. The lowest BCUT2D eigenvalue weighted by Crippen LogP contribution is -2.15. The average molecular weight is 288 g/mol. The summed E-state index contributed by atoms with van der Waals surface area (Å²) in [5.74, 6) is 0.964. The Bertz CT molecular complexity index is 681. The summed E-state index contributed by atoms with van der Waals surface area (Å²) in [5.41, 5.74) is 1.58. The molecular weight excluding hydrogens is 272 g/mol. The summed E-state index contributed by atoms with van der Waals surface area (Å²) in [7, 11) is 1.49. The van der Waals surface area contributed by atoms with Crippen molar-refractivity contribution >= 4 is 0 Å². The van der Waals surface area contributed by atoms with E-state index >= 15 is 0 Å². The number of phenolic OH excluding ortho intramolecular Hbond substituents is 3. The highest BCUT2D eigenvalue weighted by Gasteiger charge is 2.25. The number of ether oxygens (including phenoxy) is 2. The number of benzene rings is 2. The van der Waals surface area contributed by atoms with Crippen molar-refractivity contribution in [2.75, 3.05) is 7.11 Å². The van der Waals surface area contributed by atoms with Crippen LogP contribution in [0.25, 0.3) is 0 Å². The van der Waals surface area contributed by atoms with E-state index in [1.807, 2.05) is 0 Å². The highest BCUT2D eigenvalue weighted by Crippen LogP contribution is 2.42. The van der Waals surface area contributed by atoms with Gasteiger partial charge in [0.2, 0.25) is 0 Å². The topological polar surface area (TPSA) is 79.2 Å². The van der Waals surface area contributed by atoms with Crippen LogP contribution in [0.2, 0.25) is 0 Å². The third-order valence-corrected chi connectivity index (χ3v) is 3.67. The normalized spacial score (nSPS) is 16.9. The van der Waals surface area contributed by atoms with E-state index in [0.29, 0.717) is 29.9 Å². The second-order valence-electron chi connectivity index (χ2n) is 5.02. The molecule has 0 spiro atoms. The van der Waals surface area contributed by atoms with Crippen LogP contribution in [0.1, 0.15) is 23.7 Å². The predicted molar refractivity (Wildman–Crippen MR) is 76.1 cm³/mol. The van der Waals surface area contributed by atoms with Crippen LogP contribution < -0.4 is 9.47 Å². The SMILES string of the molecule is COc1cc(C2CCc3c(O)cc(O)cc3O2)ccc1O. The first-order valence-corrected chi connectivity index (χ1v) is 6.67. The van der Waals surface area contributed by atoms with E-state index in [2.05, 4.69) is 0 Å². The molecule has 0 aliphatic carbocycles. The first-order valence-electron chi connectivity index (χ1n) is 6.67. The molecule has 3 rings (SSSR count). The fourth-order valence-electron chi connectivity index (χ4n) is 2.59. The summed E-state index contributed by atoms with van der Waals surface area (Å²) in [6.07, 6.45) is 1.13. The monoisotopic (exact) mass is 288 g/mol. The Kier molecular flexibility index (Phi) is 3.25. The minimum absolute atomic E-state index is 0.0322. The number of aromatic hydroxyl groups is 3. The average Bonchev–Trinajstić information content (AvgIpc) is 2.47. The van der Waals surface area contributed by atoms with Gasteiger partial charge in [-0.25, -0.2) is 0 Å². The van der Waals surface area contributed by atoms with Crippen molar-refractivity contribution in [2.45, 2.75) is 18.9 Å². The molecule has 1 aliphatic heterocycles. The van der Waals surface area contributed by atoms with Crippen LogP contribution in [-0.4, -0.2) is 22.4 Å². The molecule has 110 valence electrons. The smallest absolute Gasteiger partial charge is 0.160 e. The van der Waals surface area contributed by atoms with Crippen LogP contribution in [0, 0.1) is 0 Å². The summed E-state index contributed by atoms with van der Waals surface area (Å²) in [6, 6.07) is 7.88. The summed E-state index contributed by atoms with van der Waals surface area (Å²) in [5, 5.41) is 29.0. The zero-order valence-corrected chi connectivity index (χ0v) is 11.5. The number of methoxy groups -OCH3 is 1. The third kappa shape index (κ3) is 2.42. The zero-order chi connectivity index (χ0) is 15.0. The Labute approximate surface area is 122 Å². The fourth-order valence-corrected chi connectivity index (χ4v) is 2.59. The van der Waals surface area contributed by atoms with E-state index in [0.717, 1.165) is 5.56 Å². The molecule has 5 heteroatoms. The molecule has 21 heavy (non-hydrogen) atoms. The van der Waals surface area contributed by atoms with Crippen molar-refractivity contribution in [3.8, 4) is 28.7 Å². The molecule has 1 atom stereocenters. The molecule has 5 nitrogen and oxygen atoms in total. The summed E-state index contributed by atoms with van der Waals surface area (Å²) >= 11 is 0. The molecule has 0 aromatic heterocycles. The van der Waals surface area contributed by atoms with Gasteiger partial charge in [0.1, 0.15) is 23.4 Å². The largest absolute Gasteiger partial charge is 0.508 e. The van der Waals surface area contributed by atoms with Gasteiger partial charge in [0.15, 0.2) is 11.5 Å². The van der Waals surface area contributed by atoms with Gasteiger partial charge in [0.05, 0.1) is 7.11 Å². The first-order chi connectivity index (χ1) is 10.1. The maximum absolute atomic E-state index is 9.82. The van der Waals surface area contributed by atoms with Crippen molar-refractivity contribution in [1.82, 2.24) is 0 Å². The molecule has 0 saturated carbocycles. The minimum atomic E-state index is -0.215. The maximum Gasteiger partial charge on any atom is 0.160 e. The molecular formula is C16H16O5. The predicted octanol–water partition coefficient (Wildman–Crippen LogP) is 2.88. The van der Waals surface area contributed by atoms with Crippen molar-refractivity contribution in [3.05, 3.63) is 41.5 Å². The lowest BCUT2D eigenvalue weighted by Gasteiger charge is -2.27. The molecule has 2 aromatic rings. The van der Waals surface area contributed by atoms with Gasteiger partial charge in [-0.05, 0) is 30.5 Å². The Morgan fingerprint density at radius 1 is 1.10 bits per heavy atom. The molecule has 0 amide bonds. The standard InChI is InChI=1S/C16H16O5/c1-20-16-6-9(2-4-12(16)18)14-5-3-11-13(19)7-10(17)8-15(11)21-14/h2,4,6-8,14,17-19H,3,5H2,1H3. The number of rotatable bonds is 2. The van der Waals surface area contributed by atoms with E-state index in [1.54, 1.807) is 18.2 Å². The van der Waals surface area contributed by atoms with Gasteiger partial charge in [-0.1, -0.05) is 6.07 Å². The van der Waals surface area contributed by atoms with Crippen LogP contribution in [0.15, 0.2) is 30.3 Å². The Morgan fingerprint density at radius 3 is 2.67 bits per heavy atom. The van der Waals surface area contributed by atoms with Crippen molar-refractivity contribution in [2.24, 2.45) is 0 Å². The summed E-state index contributed by atoms with van der Waals surface area (Å²) in [6.45, 7) is 0. The lowest BCUT2D eigenvalue weighted by molar-refractivity contribution is 0.173. The van der Waals surface area contributed by atoms with Gasteiger partial charge in [-0.2, -0.15) is 0 Å². The number of fused-ring (bicyclic) bond motifs is 1. The molecule has 0 saturated heterocycles. The second-order valence-corrected chi connectivity index (χ2v) is 5.02. The molecule has 0 fully saturated rings. The van der Waals surface area contributed by atoms with E-state index in [9.17, 15) is 15.3 Å². The fraction of sp³-hybridized carbons (Fsp3) is 0.250. The molecule has 0 radical (unpaired) electrons. The van der Waals surface area contributed by atoms with Gasteiger partial charge >= 0.3 is 0 Å². The molecule has 1 aliphatic rings. The quantitative estimate of drug-likeness (QED) is 0.792. The molecule has 1 heterocycles. The Balaban J connectivity index is 1.92. The van der Waals surface area contributed by atoms with Crippen LogP contribution in [-0.2, 0) is 6.42 Å². The van der Waals surface area contributed by atoms with Crippen molar-refractivity contribution in [3.63, 3.8) is 0 Å². The molecule has 3 N–H and O–H groups in total.